The minimum absolute atomic E-state index is 0.834. The lowest BCUT2D eigenvalue weighted by atomic mass is 10.1. The number of H-pyrrole nitrogens is 3. The van der Waals surface area contributed by atoms with Crippen molar-refractivity contribution in [3.63, 3.8) is 0 Å². The van der Waals surface area contributed by atoms with Crippen molar-refractivity contribution in [1.82, 2.24) is 34.9 Å². The van der Waals surface area contributed by atoms with E-state index in [2.05, 4.69) is 69.0 Å². The summed E-state index contributed by atoms with van der Waals surface area (Å²) in [5.74, 6) is 0. The summed E-state index contributed by atoms with van der Waals surface area (Å²) in [7, 11) is 0. The highest BCUT2D eigenvalue weighted by Crippen LogP contribution is 2.23. The fourth-order valence-electron chi connectivity index (χ4n) is 4.70. The fourth-order valence-corrected chi connectivity index (χ4v) is 4.70. The summed E-state index contributed by atoms with van der Waals surface area (Å²) in [6.07, 6.45) is 13.4. The maximum Gasteiger partial charge on any atom is 0.156 e. The molecule has 0 aromatic carbocycles. The molecule has 3 N–H and O–H groups in total. The van der Waals surface area contributed by atoms with Gasteiger partial charge in [0.25, 0.3) is 0 Å². The van der Waals surface area contributed by atoms with Crippen LogP contribution < -0.4 is 0 Å². The van der Waals surface area contributed by atoms with E-state index in [4.69, 9.17) is 4.98 Å². The Kier molecular flexibility index (Phi) is 4.90. The zero-order valence-electron chi connectivity index (χ0n) is 19.7. The van der Waals surface area contributed by atoms with E-state index in [9.17, 15) is 0 Å². The molecule has 0 saturated heterocycles. The Hall–Kier alpha value is -4.00. The van der Waals surface area contributed by atoms with Crippen LogP contribution in [0.4, 0.5) is 0 Å². The highest BCUT2D eigenvalue weighted by Gasteiger charge is 2.11. The van der Waals surface area contributed by atoms with E-state index in [0.29, 0.717) is 0 Å². The van der Waals surface area contributed by atoms with Crippen molar-refractivity contribution in [3.8, 4) is 0 Å². The van der Waals surface area contributed by atoms with Crippen LogP contribution in [0.3, 0.4) is 0 Å². The molecule has 0 unspecified atom stereocenters. The molecule has 7 heteroatoms. The van der Waals surface area contributed by atoms with Crippen LogP contribution in [0.25, 0.3) is 33.2 Å². The predicted octanol–water partition coefficient (Wildman–Crippen LogP) is 5.21. The molecule has 0 fully saturated rings. The monoisotopic (exact) mass is 449 g/mol. The summed E-state index contributed by atoms with van der Waals surface area (Å²) in [6, 6.07) is 4.45. The maximum atomic E-state index is 4.97. The summed E-state index contributed by atoms with van der Waals surface area (Å²) < 4.78 is 0. The Balaban J connectivity index is 1.20. The van der Waals surface area contributed by atoms with Gasteiger partial charge in [0.05, 0.1) is 11.9 Å². The second-order valence-electron chi connectivity index (χ2n) is 9.21. The van der Waals surface area contributed by atoms with Crippen molar-refractivity contribution in [3.05, 3.63) is 82.3 Å². The van der Waals surface area contributed by atoms with Crippen molar-refractivity contribution in [2.75, 3.05) is 0 Å². The van der Waals surface area contributed by atoms with E-state index in [1.807, 2.05) is 24.8 Å². The molecule has 34 heavy (non-hydrogen) atoms. The summed E-state index contributed by atoms with van der Waals surface area (Å²) in [5.41, 5.74) is 12.0. The van der Waals surface area contributed by atoms with Gasteiger partial charge in [0.2, 0.25) is 0 Å². The molecule has 0 spiro atoms. The molecule has 0 aliphatic carbocycles. The first-order valence-corrected chi connectivity index (χ1v) is 11.7. The molecule has 170 valence electrons. The summed E-state index contributed by atoms with van der Waals surface area (Å²) in [4.78, 5) is 28.6. The van der Waals surface area contributed by atoms with Crippen molar-refractivity contribution in [2.45, 2.75) is 46.5 Å². The zero-order valence-corrected chi connectivity index (χ0v) is 19.7. The van der Waals surface area contributed by atoms with Gasteiger partial charge in [0, 0.05) is 41.3 Å². The van der Waals surface area contributed by atoms with Gasteiger partial charge in [0.15, 0.2) is 5.65 Å². The van der Waals surface area contributed by atoms with Crippen LogP contribution in [0, 0.1) is 20.8 Å². The molecular formula is C27H27N7. The topological polar surface area (TPSA) is 98.9 Å². The lowest BCUT2D eigenvalue weighted by molar-refractivity contribution is 0.912. The van der Waals surface area contributed by atoms with Crippen molar-refractivity contribution >= 4 is 33.2 Å². The lowest BCUT2D eigenvalue weighted by Crippen LogP contribution is -1.98. The van der Waals surface area contributed by atoms with E-state index >= 15 is 0 Å². The normalized spacial score (nSPS) is 11.9. The first-order chi connectivity index (χ1) is 16.5. The van der Waals surface area contributed by atoms with Gasteiger partial charge in [0.1, 0.15) is 16.8 Å². The molecular weight excluding hydrogens is 422 g/mol. The van der Waals surface area contributed by atoms with E-state index in [1.54, 1.807) is 0 Å². The Morgan fingerprint density at radius 1 is 0.706 bits per heavy atom. The molecule has 6 aromatic heterocycles. The number of hydrogen-bond donors (Lipinski definition) is 3. The van der Waals surface area contributed by atoms with E-state index < -0.39 is 0 Å². The van der Waals surface area contributed by atoms with Gasteiger partial charge < -0.3 is 15.0 Å². The molecule has 0 atom stereocenters. The third kappa shape index (κ3) is 3.63. The summed E-state index contributed by atoms with van der Waals surface area (Å²) in [5, 5.41) is 2.40. The number of hydrogen-bond acceptors (Lipinski definition) is 4. The van der Waals surface area contributed by atoms with Crippen molar-refractivity contribution in [2.24, 2.45) is 0 Å². The van der Waals surface area contributed by atoms with E-state index in [-0.39, 0.29) is 0 Å². The third-order valence-corrected chi connectivity index (χ3v) is 6.81. The number of rotatable bonds is 6. The second kappa shape index (κ2) is 8.09. The van der Waals surface area contributed by atoms with Crippen LogP contribution in [-0.2, 0) is 25.7 Å². The fraction of sp³-hybridized carbons (Fsp3) is 0.259. The van der Waals surface area contributed by atoms with Gasteiger partial charge >= 0.3 is 0 Å². The predicted molar refractivity (Wildman–Crippen MR) is 135 cm³/mol. The Labute approximate surface area is 197 Å². The van der Waals surface area contributed by atoms with Crippen molar-refractivity contribution in [1.29, 1.82) is 0 Å². The smallest absolute Gasteiger partial charge is 0.156 e. The Bertz CT molecular complexity index is 1650. The van der Waals surface area contributed by atoms with Gasteiger partial charge in [-0.15, -0.1) is 0 Å². The molecule has 0 radical (unpaired) electrons. The van der Waals surface area contributed by atoms with Gasteiger partial charge in [-0.25, -0.2) is 19.9 Å². The van der Waals surface area contributed by atoms with Gasteiger partial charge in [-0.3, -0.25) is 0 Å². The van der Waals surface area contributed by atoms with Crippen LogP contribution in [0.1, 0.15) is 39.2 Å². The first kappa shape index (κ1) is 20.6. The highest BCUT2D eigenvalue weighted by molar-refractivity contribution is 5.82. The maximum absolute atomic E-state index is 4.97. The minimum Gasteiger partial charge on any atom is -0.346 e. The molecule has 7 nitrogen and oxygen atoms in total. The Morgan fingerprint density at radius 2 is 1.47 bits per heavy atom. The average molecular weight is 450 g/mol. The molecule has 6 rings (SSSR count). The Morgan fingerprint density at radius 3 is 2.38 bits per heavy atom. The van der Waals surface area contributed by atoms with Crippen LogP contribution in [0.2, 0.25) is 0 Å². The number of aryl methyl sites for hydroxylation is 7. The van der Waals surface area contributed by atoms with Gasteiger partial charge in [-0.1, -0.05) is 0 Å². The summed E-state index contributed by atoms with van der Waals surface area (Å²) in [6.45, 7) is 6.31. The minimum atomic E-state index is 0.834. The summed E-state index contributed by atoms with van der Waals surface area (Å²) >= 11 is 0. The second-order valence-corrected chi connectivity index (χ2v) is 9.21. The highest BCUT2D eigenvalue weighted by atomic mass is 14.9. The number of aromatic amines is 3. The molecule has 6 heterocycles. The van der Waals surface area contributed by atoms with Crippen LogP contribution in [0.15, 0.2) is 43.1 Å². The number of nitrogens with one attached hydrogen (secondary N) is 3. The zero-order chi connectivity index (χ0) is 23.2. The van der Waals surface area contributed by atoms with Gasteiger partial charge in [-0.2, -0.15) is 0 Å². The van der Waals surface area contributed by atoms with Crippen molar-refractivity contribution < 1.29 is 0 Å². The number of pyridine rings is 2. The number of aromatic nitrogens is 7. The quantitative estimate of drug-likeness (QED) is 0.325. The molecule has 0 aliphatic heterocycles. The SMILES string of the molecule is Cc1cnc2[nH]cc(CCc3cnc4[nH]cc(CCc5cnc6[nH]c(C)c(C)c6c5)c4n3)c2c1. The average Bonchev–Trinajstić information content (AvgIpc) is 3.52. The van der Waals surface area contributed by atoms with Crippen LogP contribution in [-0.4, -0.2) is 34.9 Å². The number of nitrogens with zero attached hydrogens (tertiary/aromatic N) is 4. The standard InChI is InChI=1S/C27H27N7/c1-15-8-23-19(12-30-25(23)28-10-15)6-7-21-14-32-27-24(34-21)20(13-31-27)5-4-18-9-22-16(2)17(3)33-26(22)29-11-18/h8-14H,4-7H2,1-3H3,(H,28,30)(H,29,33)(H,31,32). The van der Waals surface area contributed by atoms with E-state index in [0.717, 1.165) is 53.8 Å². The van der Waals surface area contributed by atoms with Crippen LogP contribution >= 0.6 is 0 Å². The lowest BCUT2D eigenvalue weighted by Gasteiger charge is -2.04. The van der Waals surface area contributed by atoms with Crippen LogP contribution in [0.5, 0.6) is 0 Å². The molecule has 0 saturated carbocycles. The third-order valence-electron chi connectivity index (χ3n) is 6.81. The number of fused-ring (bicyclic) bond motifs is 3. The molecule has 0 aliphatic rings. The molecule has 0 amide bonds. The van der Waals surface area contributed by atoms with E-state index in [1.165, 1.54) is 44.3 Å². The van der Waals surface area contributed by atoms with Gasteiger partial charge in [-0.05, 0) is 86.4 Å². The largest absolute Gasteiger partial charge is 0.346 e. The molecule has 0 bridgehead atoms. The molecule has 6 aromatic rings. The first-order valence-electron chi connectivity index (χ1n) is 11.7.